The highest BCUT2D eigenvalue weighted by atomic mass is 32.1. The Balaban J connectivity index is 2.15. The van der Waals surface area contributed by atoms with Gasteiger partial charge in [-0.2, -0.15) is 0 Å². The minimum Gasteiger partial charge on any atom is -0.387 e. The average molecular weight is 226 g/mol. The van der Waals surface area contributed by atoms with Crippen molar-refractivity contribution in [1.82, 2.24) is 4.98 Å². The SMILES string of the molecule is CC1CC(C)N(c2nc(C(C)O)cs2)C1. The maximum absolute atomic E-state index is 9.42. The molecule has 3 unspecified atom stereocenters. The van der Waals surface area contributed by atoms with Gasteiger partial charge in [-0.15, -0.1) is 11.3 Å². The van der Waals surface area contributed by atoms with Gasteiger partial charge in [0.05, 0.1) is 11.8 Å². The Morgan fingerprint density at radius 1 is 1.60 bits per heavy atom. The number of aliphatic hydroxyl groups is 1. The average Bonchev–Trinajstić information content (AvgIpc) is 2.71. The minimum absolute atomic E-state index is 0.453. The molecule has 0 saturated carbocycles. The Labute approximate surface area is 94.8 Å². The van der Waals surface area contributed by atoms with E-state index in [1.807, 2.05) is 5.38 Å². The smallest absolute Gasteiger partial charge is 0.185 e. The van der Waals surface area contributed by atoms with Crippen LogP contribution in [-0.2, 0) is 0 Å². The number of rotatable bonds is 2. The number of anilines is 1. The summed E-state index contributed by atoms with van der Waals surface area (Å²) in [5.41, 5.74) is 0.793. The molecule has 1 fully saturated rings. The van der Waals surface area contributed by atoms with Crippen LogP contribution in [0.4, 0.5) is 5.13 Å². The number of hydrogen-bond acceptors (Lipinski definition) is 4. The van der Waals surface area contributed by atoms with Gasteiger partial charge in [0, 0.05) is 18.0 Å². The van der Waals surface area contributed by atoms with E-state index in [9.17, 15) is 5.11 Å². The quantitative estimate of drug-likeness (QED) is 0.841. The molecule has 1 aliphatic heterocycles. The van der Waals surface area contributed by atoms with Crippen LogP contribution >= 0.6 is 11.3 Å². The maximum Gasteiger partial charge on any atom is 0.185 e. The predicted molar refractivity (Wildman–Crippen MR) is 63.3 cm³/mol. The standard InChI is InChI=1S/C11H18N2OS/c1-7-4-8(2)13(5-7)11-12-10(6-15-11)9(3)14/h6-9,14H,4-5H2,1-3H3. The highest BCUT2D eigenvalue weighted by Crippen LogP contribution is 2.32. The zero-order chi connectivity index (χ0) is 11.0. The molecule has 1 N–H and O–H groups in total. The van der Waals surface area contributed by atoms with Crippen molar-refractivity contribution in [3.8, 4) is 0 Å². The van der Waals surface area contributed by atoms with Crippen LogP contribution < -0.4 is 4.90 Å². The van der Waals surface area contributed by atoms with E-state index in [1.165, 1.54) is 6.42 Å². The lowest BCUT2D eigenvalue weighted by Crippen LogP contribution is -2.26. The van der Waals surface area contributed by atoms with Crippen LogP contribution in [0.5, 0.6) is 0 Å². The second-order valence-electron chi connectivity index (χ2n) is 4.57. The van der Waals surface area contributed by atoms with Gasteiger partial charge in [-0.05, 0) is 26.2 Å². The molecule has 0 amide bonds. The number of aliphatic hydroxyl groups excluding tert-OH is 1. The Morgan fingerprint density at radius 3 is 2.80 bits per heavy atom. The van der Waals surface area contributed by atoms with Gasteiger partial charge in [0.1, 0.15) is 0 Å². The molecule has 1 aliphatic rings. The van der Waals surface area contributed by atoms with Crippen LogP contribution in [0.3, 0.4) is 0 Å². The van der Waals surface area contributed by atoms with Gasteiger partial charge in [-0.3, -0.25) is 0 Å². The van der Waals surface area contributed by atoms with Crippen LogP contribution in [0.15, 0.2) is 5.38 Å². The fourth-order valence-corrected chi connectivity index (χ4v) is 3.19. The Kier molecular flexibility index (Phi) is 2.98. The number of hydrogen-bond donors (Lipinski definition) is 1. The molecule has 2 rings (SSSR count). The lowest BCUT2D eigenvalue weighted by molar-refractivity contribution is 0.195. The van der Waals surface area contributed by atoms with E-state index in [0.29, 0.717) is 6.04 Å². The molecule has 84 valence electrons. The molecule has 0 spiro atoms. The fraction of sp³-hybridized carbons (Fsp3) is 0.727. The van der Waals surface area contributed by atoms with Crippen molar-refractivity contribution < 1.29 is 5.11 Å². The third-order valence-corrected chi connectivity index (χ3v) is 3.86. The number of nitrogens with zero attached hydrogens (tertiary/aromatic N) is 2. The first-order valence-electron chi connectivity index (χ1n) is 5.48. The van der Waals surface area contributed by atoms with Crippen LogP contribution in [0.1, 0.15) is 39.0 Å². The zero-order valence-electron chi connectivity index (χ0n) is 9.47. The van der Waals surface area contributed by atoms with Crippen molar-refractivity contribution in [2.75, 3.05) is 11.4 Å². The first kappa shape index (κ1) is 10.9. The molecular formula is C11H18N2OS. The first-order chi connectivity index (χ1) is 7.08. The third kappa shape index (κ3) is 2.16. The van der Waals surface area contributed by atoms with Crippen molar-refractivity contribution in [1.29, 1.82) is 0 Å². The van der Waals surface area contributed by atoms with Gasteiger partial charge in [0.25, 0.3) is 0 Å². The van der Waals surface area contributed by atoms with E-state index in [1.54, 1.807) is 18.3 Å². The molecule has 0 radical (unpaired) electrons. The summed E-state index contributed by atoms with van der Waals surface area (Å²) in [5, 5.41) is 12.4. The van der Waals surface area contributed by atoms with E-state index in [4.69, 9.17) is 0 Å². The van der Waals surface area contributed by atoms with Crippen molar-refractivity contribution in [3.63, 3.8) is 0 Å². The fourth-order valence-electron chi connectivity index (χ4n) is 2.17. The highest BCUT2D eigenvalue weighted by molar-refractivity contribution is 7.13. The lowest BCUT2D eigenvalue weighted by atomic mass is 10.1. The summed E-state index contributed by atoms with van der Waals surface area (Å²) in [4.78, 5) is 6.82. The summed E-state index contributed by atoms with van der Waals surface area (Å²) in [6.45, 7) is 7.37. The Bertz CT molecular complexity index is 337. The van der Waals surface area contributed by atoms with Crippen LogP contribution in [-0.4, -0.2) is 22.7 Å². The molecule has 3 nitrogen and oxygen atoms in total. The first-order valence-corrected chi connectivity index (χ1v) is 6.36. The van der Waals surface area contributed by atoms with E-state index in [2.05, 4.69) is 23.7 Å². The molecule has 1 aromatic heterocycles. The summed E-state index contributed by atoms with van der Waals surface area (Å²) in [6, 6.07) is 0.577. The van der Waals surface area contributed by atoms with Gasteiger partial charge in [0.15, 0.2) is 5.13 Å². The van der Waals surface area contributed by atoms with E-state index >= 15 is 0 Å². The third-order valence-electron chi connectivity index (χ3n) is 2.97. The van der Waals surface area contributed by atoms with E-state index in [-0.39, 0.29) is 0 Å². The normalized spacial score (nSPS) is 28.4. The molecule has 15 heavy (non-hydrogen) atoms. The zero-order valence-corrected chi connectivity index (χ0v) is 10.3. The molecule has 1 saturated heterocycles. The molecule has 4 heteroatoms. The van der Waals surface area contributed by atoms with Gasteiger partial charge in [-0.1, -0.05) is 6.92 Å². The summed E-state index contributed by atoms with van der Waals surface area (Å²) in [5.74, 6) is 0.749. The number of thiazole rings is 1. The predicted octanol–water partition coefficient (Wildman–Crippen LogP) is 2.43. The summed E-state index contributed by atoms with van der Waals surface area (Å²) >= 11 is 1.64. The minimum atomic E-state index is -0.453. The second-order valence-corrected chi connectivity index (χ2v) is 5.41. The van der Waals surface area contributed by atoms with Gasteiger partial charge in [0.2, 0.25) is 0 Å². The molecule has 2 heterocycles. The number of aromatic nitrogens is 1. The largest absolute Gasteiger partial charge is 0.387 e. The Hall–Kier alpha value is -0.610. The maximum atomic E-state index is 9.42. The summed E-state index contributed by atoms with van der Waals surface area (Å²) in [6.07, 6.45) is 0.786. The summed E-state index contributed by atoms with van der Waals surface area (Å²) < 4.78 is 0. The van der Waals surface area contributed by atoms with Crippen molar-refractivity contribution in [2.24, 2.45) is 5.92 Å². The van der Waals surface area contributed by atoms with Crippen LogP contribution in [0.25, 0.3) is 0 Å². The van der Waals surface area contributed by atoms with Gasteiger partial charge in [-0.25, -0.2) is 4.98 Å². The lowest BCUT2D eigenvalue weighted by Gasteiger charge is -2.20. The van der Waals surface area contributed by atoms with Crippen LogP contribution in [0, 0.1) is 5.92 Å². The molecule has 0 aliphatic carbocycles. The molecule has 3 atom stereocenters. The molecular weight excluding hydrogens is 208 g/mol. The topological polar surface area (TPSA) is 36.4 Å². The van der Waals surface area contributed by atoms with Crippen molar-refractivity contribution in [3.05, 3.63) is 11.1 Å². The molecule has 0 aromatic carbocycles. The Morgan fingerprint density at radius 2 is 2.33 bits per heavy atom. The van der Waals surface area contributed by atoms with Gasteiger partial charge >= 0.3 is 0 Å². The highest BCUT2D eigenvalue weighted by Gasteiger charge is 2.28. The van der Waals surface area contributed by atoms with Gasteiger partial charge < -0.3 is 10.0 Å². The second kappa shape index (κ2) is 4.10. The van der Waals surface area contributed by atoms with E-state index < -0.39 is 6.10 Å². The van der Waals surface area contributed by atoms with Crippen molar-refractivity contribution >= 4 is 16.5 Å². The van der Waals surface area contributed by atoms with Crippen molar-refractivity contribution in [2.45, 2.75) is 39.3 Å². The van der Waals surface area contributed by atoms with Crippen LogP contribution in [0.2, 0.25) is 0 Å². The molecule has 0 bridgehead atoms. The molecule has 1 aromatic rings. The summed E-state index contributed by atoms with van der Waals surface area (Å²) in [7, 11) is 0. The van der Waals surface area contributed by atoms with E-state index in [0.717, 1.165) is 23.3 Å². The monoisotopic (exact) mass is 226 g/mol.